The molecule has 1 saturated heterocycles. The molecule has 3 N–H and O–H groups in total. The summed E-state index contributed by atoms with van der Waals surface area (Å²) >= 11 is 0. The van der Waals surface area contributed by atoms with E-state index in [9.17, 15) is 4.79 Å². The monoisotopic (exact) mass is 277 g/mol. The van der Waals surface area contributed by atoms with E-state index in [1.54, 1.807) is 0 Å². The van der Waals surface area contributed by atoms with E-state index < -0.39 is 11.7 Å². The predicted molar refractivity (Wildman–Crippen MR) is 79.8 cm³/mol. The van der Waals surface area contributed by atoms with Crippen LogP contribution in [0.3, 0.4) is 0 Å². The van der Waals surface area contributed by atoms with Crippen LogP contribution in [0.25, 0.3) is 0 Å². The molecule has 20 heavy (non-hydrogen) atoms. The molecule has 0 unspecified atom stereocenters. The third-order valence-corrected chi connectivity index (χ3v) is 2.98. The maximum Gasteiger partial charge on any atom is 0.412 e. The highest BCUT2D eigenvalue weighted by Crippen LogP contribution is 2.13. The number of carbonyl (C=O) groups is 1. The molecule has 1 aliphatic rings. The van der Waals surface area contributed by atoms with Gasteiger partial charge in [0.15, 0.2) is 0 Å². The topological polar surface area (TPSA) is 62.4 Å². The van der Waals surface area contributed by atoms with Gasteiger partial charge in [-0.1, -0.05) is 12.1 Å². The second kappa shape index (κ2) is 6.24. The second-order valence-corrected chi connectivity index (χ2v) is 6.06. The van der Waals surface area contributed by atoms with Gasteiger partial charge in [0.2, 0.25) is 0 Å². The van der Waals surface area contributed by atoms with E-state index >= 15 is 0 Å². The fraction of sp³-hybridized carbons (Fsp3) is 0.533. The van der Waals surface area contributed by atoms with E-state index in [0.29, 0.717) is 6.04 Å². The molecule has 2 rings (SSSR count). The number of ether oxygens (including phenoxy) is 1. The Labute approximate surface area is 120 Å². The zero-order chi connectivity index (χ0) is 14.6. The minimum Gasteiger partial charge on any atom is -0.444 e. The van der Waals surface area contributed by atoms with Crippen LogP contribution in [-0.4, -0.2) is 30.8 Å². The van der Waals surface area contributed by atoms with Crippen molar-refractivity contribution in [3.8, 4) is 0 Å². The molecule has 0 radical (unpaired) electrons. The van der Waals surface area contributed by atoms with Crippen LogP contribution in [0.15, 0.2) is 24.3 Å². The fourth-order valence-electron chi connectivity index (χ4n) is 1.82. The summed E-state index contributed by atoms with van der Waals surface area (Å²) in [6.45, 7) is 8.46. The van der Waals surface area contributed by atoms with Crippen LogP contribution in [-0.2, 0) is 11.3 Å². The Morgan fingerprint density at radius 3 is 2.45 bits per heavy atom. The van der Waals surface area contributed by atoms with Gasteiger partial charge in [-0.2, -0.15) is 0 Å². The molecule has 0 atom stereocenters. The number of anilines is 1. The molecule has 5 heteroatoms. The summed E-state index contributed by atoms with van der Waals surface area (Å²) in [6.07, 6.45) is -0.427. The normalized spacial score (nSPS) is 15.6. The molecule has 110 valence electrons. The van der Waals surface area contributed by atoms with Gasteiger partial charge in [-0.3, -0.25) is 5.32 Å². The Hall–Kier alpha value is -1.59. The van der Waals surface area contributed by atoms with Crippen LogP contribution >= 0.6 is 0 Å². The summed E-state index contributed by atoms with van der Waals surface area (Å²) in [6, 6.07) is 8.37. The summed E-state index contributed by atoms with van der Waals surface area (Å²) < 4.78 is 5.20. The van der Waals surface area contributed by atoms with Crippen molar-refractivity contribution in [1.82, 2.24) is 10.6 Å². The molecule has 1 aromatic rings. The van der Waals surface area contributed by atoms with Crippen LogP contribution in [0.1, 0.15) is 26.3 Å². The maximum atomic E-state index is 11.6. The average Bonchev–Trinajstić information content (AvgIpc) is 2.26. The molecule has 0 aliphatic carbocycles. The zero-order valence-corrected chi connectivity index (χ0v) is 12.3. The van der Waals surface area contributed by atoms with Gasteiger partial charge in [0, 0.05) is 31.4 Å². The Kier molecular flexibility index (Phi) is 4.62. The van der Waals surface area contributed by atoms with Gasteiger partial charge in [0.05, 0.1) is 0 Å². The first-order chi connectivity index (χ1) is 9.42. The highest BCUT2D eigenvalue weighted by Gasteiger charge is 2.16. The molecule has 1 amide bonds. The molecule has 0 aromatic heterocycles. The first-order valence-electron chi connectivity index (χ1n) is 6.95. The van der Waals surface area contributed by atoms with Crippen molar-refractivity contribution in [2.45, 2.75) is 39.0 Å². The van der Waals surface area contributed by atoms with Gasteiger partial charge in [-0.15, -0.1) is 0 Å². The molecule has 0 spiro atoms. The van der Waals surface area contributed by atoms with E-state index in [4.69, 9.17) is 4.74 Å². The van der Waals surface area contributed by atoms with Crippen LogP contribution in [0.4, 0.5) is 10.5 Å². The summed E-state index contributed by atoms with van der Waals surface area (Å²) in [5.74, 6) is 0. The van der Waals surface area contributed by atoms with Crippen molar-refractivity contribution in [3.05, 3.63) is 29.8 Å². The van der Waals surface area contributed by atoms with Gasteiger partial charge in [-0.05, 0) is 38.5 Å². The van der Waals surface area contributed by atoms with Crippen LogP contribution in [0.5, 0.6) is 0 Å². The van der Waals surface area contributed by atoms with Crippen molar-refractivity contribution in [2.75, 3.05) is 18.4 Å². The highest BCUT2D eigenvalue weighted by atomic mass is 16.6. The van der Waals surface area contributed by atoms with Crippen LogP contribution in [0, 0.1) is 0 Å². The minimum atomic E-state index is -0.481. The maximum absolute atomic E-state index is 11.6. The molecule has 1 aromatic carbocycles. The quantitative estimate of drug-likeness (QED) is 0.788. The van der Waals surface area contributed by atoms with Crippen LogP contribution in [0.2, 0.25) is 0 Å². The van der Waals surface area contributed by atoms with Gasteiger partial charge in [-0.25, -0.2) is 4.79 Å². The first-order valence-corrected chi connectivity index (χ1v) is 6.95. The lowest BCUT2D eigenvalue weighted by atomic mass is 10.1. The largest absolute Gasteiger partial charge is 0.444 e. The summed E-state index contributed by atoms with van der Waals surface area (Å²) in [4.78, 5) is 11.6. The first kappa shape index (κ1) is 14.8. The molecule has 1 aliphatic heterocycles. The summed E-state index contributed by atoms with van der Waals surface area (Å²) in [7, 11) is 0. The summed E-state index contributed by atoms with van der Waals surface area (Å²) in [5.41, 5.74) is 1.46. The van der Waals surface area contributed by atoms with Crippen molar-refractivity contribution in [2.24, 2.45) is 0 Å². The smallest absolute Gasteiger partial charge is 0.412 e. The third-order valence-electron chi connectivity index (χ3n) is 2.98. The molecule has 1 heterocycles. The highest BCUT2D eigenvalue weighted by molar-refractivity contribution is 5.84. The van der Waals surface area contributed by atoms with E-state index in [1.807, 2.05) is 45.0 Å². The summed E-state index contributed by atoms with van der Waals surface area (Å²) in [5, 5.41) is 9.40. The van der Waals surface area contributed by atoms with E-state index in [1.165, 1.54) is 5.56 Å². The molecule has 0 bridgehead atoms. The van der Waals surface area contributed by atoms with E-state index in [0.717, 1.165) is 25.3 Å². The Balaban J connectivity index is 1.79. The molecular formula is C15H23N3O2. The van der Waals surface area contributed by atoms with E-state index in [2.05, 4.69) is 16.0 Å². The van der Waals surface area contributed by atoms with Crippen molar-refractivity contribution in [1.29, 1.82) is 0 Å². The minimum absolute atomic E-state index is 0.427. The standard InChI is InChI=1S/C15H23N3O2/c1-15(2,3)20-14(19)18-12-6-4-11(5-7-12)8-17-13-9-16-10-13/h4-7,13,16-17H,8-10H2,1-3H3,(H,18,19). The number of hydrogen-bond acceptors (Lipinski definition) is 4. The molecule has 1 fully saturated rings. The van der Waals surface area contributed by atoms with E-state index in [-0.39, 0.29) is 0 Å². The lowest BCUT2D eigenvalue weighted by Gasteiger charge is -2.28. The van der Waals surface area contributed by atoms with Gasteiger partial charge in [0.1, 0.15) is 5.60 Å². The number of rotatable bonds is 4. The van der Waals surface area contributed by atoms with Crippen LogP contribution < -0.4 is 16.0 Å². The zero-order valence-electron chi connectivity index (χ0n) is 12.3. The molecule has 0 saturated carbocycles. The van der Waals surface area contributed by atoms with Gasteiger partial charge >= 0.3 is 6.09 Å². The number of hydrogen-bond donors (Lipinski definition) is 3. The van der Waals surface area contributed by atoms with Crippen molar-refractivity contribution in [3.63, 3.8) is 0 Å². The third kappa shape index (κ3) is 4.83. The number of benzene rings is 1. The van der Waals surface area contributed by atoms with Crippen molar-refractivity contribution >= 4 is 11.8 Å². The van der Waals surface area contributed by atoms with Gasteiger partial charge < -0.3 is 15.4 Å². The predicted octanol–water partition coefficient (Wildman–Crippen LogP) is 2.09. The molecular weight excluding hydrogens is 254 g/mol. The second-order valence-electron chi connectivity index (χ2n) is 6.06. The lowest BCUT2D eigenvalue weighted by molar-refractivity contribution is 0.0636. The number of carbonyl (C=O) groups excluding carboxylic acids is 1. The average molecular weight is 277 g/mol. The number of amides is 1. The number of nitrogens with one attached hydrogen (secondary N) is 3. The fourth-order valence-corrected chi connectivity index (χ4v) is 1.82. The van der Waals surface area contributed by atoms with Crippen molar-refractivity contribution < 1.29 is 9.53 Å². The SMILES string of the molecule is CC(C)(C)OC(=O)Nc1ccc(CNC2CNC2)cc1. The van der Waals surface area contributed by atoms with Gasteiger partial charge in [0.25, 0.3) is 0 Å². The molecule has 5 nitrogen and oxygen atoms in total. The Morgan fingerprint density at radius 1 is 1.30 bits per heavy atom. The lowest BCUT2D eigenvalue weighted by Crippen LogP contribution is -2.54. The Bertz CT molecular complexity index is 447. The Morgan fingerprint density at radius 2 is 1.95 bits per heavy atom.